The van der Waals surface area contributed by atoms with Crippen molar-refractivity contribution in [3.8, 4) is 5.75 Å². The Kier molecular flexibility index (Phi) is 10.7. The first kappa shape index (κ1) is 26.4. The molecule has 0 aliphatic carbocycles. The Morgan fingerprint density at radius 1 is 1.09 bits per heavy atom. The van der Waals surface area contributed by atoms with Gasteiger partial charge in [0.25, 0.3) is 5.91 Å². The molecule has 1 atom stereocenters. The number of unbranched alkanes of at least 4 members (excludes halogenated alkanes) is 1. The van der Waals surface area contributed by atoms with Gasteiger partial charge in [-0.05, 0) is 70.6 Å². The van der Waals surface area contributed by atoms with E-state index in [-0.39, 0.29) is 18.4 Å². The minimum Gasteiger partial charge on any atom is -0.483 e. The summed E-state index contributed by atoms with van der Waals surface area (Å²) >= 11 is 7.00. The second-order valence-corrected chi connectivity index (χ2v) is 9.88. The molecule has 0 bridgehead atoms. The molecular weight excluding hydrogens is 536 g/mol. The Balaban J connectivity index is 2.14. The van der Waals surface area contributed by atoms with Crippen LogP contribution in [0.2, 0.25) is 0 Å². The third-order valence-corrected chi connectivity index (χ3v) is 6.33. The molecule has 0 radical (unpaired) electrons. The van der Waals surface area contributed by atoms with E-state index in [2.05, 4.69) is 57.9 Å². The van der Waals surface area contributed by atoms with Crippen molar-refractivity contribution in [1.82, 2.24) is 10.2 Å². The third-order valence-electron chi connectivity index (χ3n) is 5.21. The van der Waals surface area contributed by atoms with E-state index >= 15 is 0 Å². The summed E-state index contributed by atoms with van der Waals surface area (Å²) in [5.74, 6) is 0.590. The summed E-state index contributed by atoms with van der Waals surface area (Å²) in [6.07, 6.45) is 1.90. The number of rotatable bonds is 11. The SMILES string of the molecule is CCCCNC(=O)[C@H](C)N(Cc1cccc(Br)c1)C(=O)COc1ccc(C(C)C)cc1Br. The molecule has 0 spiro atoms. The first-order chi connectivity index (χ1) is 15.2. The minimum absolute atomic E-state index is 0.153. The van der Waals surface area contributed by atoms with Crippen molar-refractivity contribution in [3.05, 3.63) is 62.5 Å². The first-order valence-corrected chi connectivity index (χ1v) is 12.5. The van der Waals surface area contributed by atoms with Gasteiger partial charge in [0, 0.05) is 17.6 Å². The lowest BCUT2D eigenvalue weighted by Gasteiger charge is -2.29. The highest BCUT2D eigenvalue weighted by molar-refractivity contribution is 9.10. The van der Waals surface area contributed by atoms with E-state index in [0.29, 0.717) is 24.8 Å². The molecule has 7 heteroatoms. The smallest absolute Gasteiger partial charge is 0.261 e. The van der Waals surface area contributed by atoms with Gasteiger partial charge in [-0.3, -0.25) is 9.59 Å². The van der Waals surface area contributed by atoms with Crippen LogP contribution in [0.25, 0.3) is 0 Å². The Morgan fingerprint density at radius 2 is 1.84 bits per heavy atom. The molecular formula is C25H32Br2N2O3. The van der Waals surface area contributed by atoms with Crippen LogP contribution >= 0.6 is 31.9 Å². The highest BCUT2D eigenvalue weighted by Gasteiger charge is 2.26. The Labute approximate surface area is 208 Å². The maximum absolute atomic E-state index is 13.2. The number of benzene rings is 2. The molecule has 1 N–H and O–H groups in total. The van der Waals surface area contributed by atoms with E-state index in [1.807, 2.05) is 42.5 Å². The van der Waals surface area contributed by atoms with Crippen LogP contribution in [0, 0.1) is 0 Å². The van der Waals surface area contributed by atoms with Crippen molar-refractivity contribution in [2.75, 3.05) is 13.2 Å². The van der Waals surface area contributed by atoms with E-state index in [4.69, 9.17) is 4.74 Å². The van der Waals surface area contributed by atoms with E-state index in [9.17, 15) is 9.59 Å². The summed E-state index contributed by atoms with van der Waals surface area (Å²) in [6.45, 7) is 8.84. The predicted octanol–water partition coefficient (Wildman–Crippen LogP) is 6.05. The first-order valence-electron chi connectivity index (χ1n) is 11.0. The van der Waals surface area contributed by atoms with Gasteiger partial charge in [-0.1, -0.05) is 61.3 Å². The highest BCUT2D eigenvalue weighted by atomic mass is 79.9. The normalized spacial score (nSPS) is 11.8. The summed E-state index contributed by atoms with van der Waals surface area (Å²) in [7, 11) is 0. The molecule has 174 valence electrons. The lowest BCUT2D eigenvalue weighted by molar-refractivity contribution is -0.142. The van der Waals surface area contributed by atoms with Crippen LogP contribution in [0.15, 0.2) is 51.4 Å². The molecule has 0 aliphatic heterocycles. The van der Waals surface area contributed by atoms with Gasteiger partial charge < -0.3 is 15.0 Å². The maximum atomic E-state index is 13.2. The molecule has 0 saturated carbocycles. The monoisotopic (exact) mass is 566 g/mol. The number of carbonyl (C=O) groups is 2. The number of halogens is 2. The molecule has 0 heterocycles. The average Bonchev–Trinajstić information content (AvgIpc) is 2.76. The van der Waals surface area contributed by atoms with E-state index in [1.54, 1.807) is 11.8 Å². The fourth-order valence-corrected chi connectivity index (χ4v) is 4.12. The standard InChI is InChI=1S/C25H32Br2N2O3/c1-5-6-12-28-25(31)18(4)29(15-19-8-7-9-21(26)13-19)24(30)16-32-23-11-10-20(17(2)3)14-22(23)27/h7-11,13-14,17-18H,5-6,12,15-16H2,1-4H3,(H,28,31)/t18-/m0/s1. The maximum Gasteiger partial charge on any atom is 0.261 e. The van der Waals surface area contributed by atoms with Crippen LogP contribution in [-0.4, -0.2) is 35.9 Å². The second-order valence-electron chi connectivity index (χ2n) is 8.11. The van der Waals surface area contributed by atoms with Crippen molar-refractivity contribution in [2.24, 2.45) is 0 Å². The number of hydrogen-bond acceptors (Lipinski definition) is 3. The van der Waals surface area contributed by atoms with Crippen LogP contribution in [0.4, 0.5) is 0 Å². The van der Waals surface area contributed by atoms with Gasteiger partial charge in [0.1, 0.15) is 11.8 Å². The van der Waals surface area contributed by atoms with Crippen LogP contribution in [0.3, 0.4) is 0 Å². The molecule has 0 unspecified atom stereocenters. The largest absolute Gasteiger partial charge is 0.483 e. The van der Waals surface area contributed by atoms with Crippen LogP contribution in [0.5, 0.6) is 5.75 Å². The summed E-state index contributed by atoms with van der Waals surface area (Å²) < 4.78 is 7.55. The Hall–Kier alpha value is -1.86. The van der Waals surface area contributed by atoms with Crippen molar-refractivity contribution < 1.29 is 14.3 Å². The molecule has 32 heavy (non-hydrogen) atoms. The van der Waals surface area contributed by atoms with Crippen molar-refractivity contribution in [3.63, 3.8) is 0 Å². The van der Waals surface area contributed by atoms with Crippen molar-refractivity contribution in [1.29, 1.82) is 0 Å². The summed E-state index contributed by atoms with van der Waals surface area (Å²) in [5, 5.41) is 2.93. The number of amides is 2. The molecule has 0 aliphatic rings. The number of nitrogens with zero attached hydrogens (tertiary/aromatic N) is 1. The zero-order chi connectivity index (χ0) is 23.7. The zero-order valence-corrected chi connectivity index (χ0v) is 22.3. The lowest BCUT2D eigenvalue weighted by Crippen LogP contribution is -2.49. The molecule has 0 aromatic heterocycles. The van der Waals surface area contributed by atoms with Gasteiger partial charge >= 0.3 is 0 Å². The van der Waals surface area contributed by atoms with Crippen molar-refractivity contribution >= 4 is 43.7 Å². The quantitative estimate of drug-likeness (QED) is 0.336. The molecule has 5 nitrogen and oxygen atoms in total. The predicted molar refractivity (Wildman–Crippen MR) is 136 cm³/mol. The van der Waals surface area contributed by atoms with E-state index < -0.39 is 6.04 Å². The van der Waals surface area contributed by atoms with Gasteiger partial charge in [-0.2, -0.15) is 0 Å². The molecule has 2 aromatic rings. The van der Waals surface area contributed by atoms with Gasteiger partial charge in [0.2, 0.25) is 5.91 Å². The topological polar surface area (TPSA) is 58.6 Å². The Morgan fingerprint density at radius 3 is 2.47 bits per heavy atom. The number of carbonyl (C=O) groups excluding carboxylic acids is 2. The molecule has 2 aromatic carbocycles. The van der Waals surface area contributed by atoms with E-state index in [0.717, 1.165) is 27.4 Å². The fraction of sp³-hybridized carbons (Fsp3) is 0.440. The Bertz CT molecular complexity index is 918. The van der Waals surface area contributed by atoms with Crippen molar-refractivity contribution in [2.45, 2.75) is 59.0 Å². The molecule has 0 saturated heterocycles. The summed E-state index contributed by atoms with van der Waals surface area (Å²) in [6, 6.07) is 13.0. The number of hydrogen-bond donors (Lipinski definition) is 1. The summed E-state index contributed by atoms with van der Waals surface area (Å²) in [4.78, 5) is 27.4. The number of ether oxygens (including phenoxy) is 1. The zero-order valence-electron chi connectivity index (χ0n) is 19.2. The number of nitrogens with one attached hydrogen (secondary N) is 1. The lowest BCUT2D eigenvalue weighted by atomic mass is 10.0. The van der Waals surface area contributed by atoms with Crippen LogP contribution in [-0.2, 0) is 16.1 Å². The van der Waals surface area contributed by atoms with E-state index in [1.165, 1.54) is 5.56 Å². The third kappa shape index (κ3) is 7.93. The van der Waals surface area contributed by atoms with Gasteiger partial charge in [0.05, 0.1) is 4.47 Å². The van der Waals surface area contributed by atoms with Gasteiger partial charge in [-0.15, -0.1) is 0 Å². The molecule has 0 fully saturated rings. The van der Waals surface area contributed by atoms with Gasteiger partial charge in [-0.25, -0.2) is 0 Å². The second kappa shape index (κ2) is 13.0. The van der Waals surface area contributed by atoms with Crippen LogP contribution < -0.4 is 10.1 Å². The molecule has 2 amide bonds. The van der Waals surface area contributed by atoms with Gasteiger partial charge in [0.15, 0.2) is 6.61 Å². The minimum atomic E-state index is -0.617. The highest BCUT2D eigenvalue weighted by Crippen LogP contribution is 2.29. The molecule has 2 rings (SSSR count). The van der Waals surface area contributed by atoms with Crippen LogP contribution in [0.1, 0.15) is 57.6 Å². The average molecular weight is 568 g/mol. The summed E-state index contributed by atoms with van der Waals surface area (Å²) in [5.41, 5.74) is 2.12. The fourth-order valence-electron chi connectivity index (χ4n) is 3.17.